The van der Waals surface area contributed by atoms with Crippen LogP contribution in [0.5, 0.6) is 0 Å². The Morgan fingerprint density at radius 3 is 3.00 bits per heavy atom. The molecular formula is C11H17NO2. The van der Waals surface area contributed by atoms with Crippen LogP contribution in [-0.4, -0.2) is 35.1 Å². The summed E-state index contributed by atoms with van der Waals surface area (Å²) < 4.78 is 0. The van der Waals surface area contributed by atoms with E-state index in [1.54, 1.807) is 17.1 Å². The van der Waals surface area contributed by atoms with Crippen LogP contribution < -0.4 is 0 Å². The predicted octanol–water partition coefficient (Wildman–Crippen LogP) is 1.10. The summed E-state index contributed by atoms with van der Waals surface area (Å²) in [6.07, 6.45) is 8.89. The number of hydrogen-bond acceptors (Lipinski definition) is 2. The summed E-state index contributed by atoms with van der Waals surface area (Å²) >= 11 is 0. The Bertz CT molecular complexity index is 246. The quantitative estimate of drug-likeness (QED) is 0.541. The number of allylic oxidation sites excluding steroid dienone is 3. The second kappa shape index (κ2) is 5.60. The molecule has 14 heavy (non-hydrogen) atoms. The topological polar surface area (TPSA) is 40.5 Å². The molecule has 1 amide bonds. The standard InChI is InChI=1S/C11H17NO2/c1-2-3-4-7-11(14)12-8-5-6-10(12)9-13/h2-4,7,10,13H,5-6,8-9H2,1H3/b3-2+,7-4+. The summed E-state index contributed by atoms with van der Waals surface area (Å²) in [5, 5.41) is 9.02. The zero-order valence-electron chi connectivity index (χ0n) is 8.52. The van der Waals surface area contributed by atoms with Gasteiger partial charge in [0.1, 0.15) is 0 Å². The first-order valence-corrected chi connectivity index (χ1v) is 5.00. The molecule has 1 saturated heterocycles. The highest BCUT2D eigenvalue weighted by atomic mass is 16.3. The van der Waals surface area contributed by atoms with E-state index in [2.05, 4.69) is 0 Å². The average Bonchev–Trinajstić information content (AvgIpc) is 2.65. The Hall–Kier alpha value is -1.09. The second-order valence-corrected chi connectivity index (χ2v) is 3.40. The minimum Gasteiger partial charge on any atom is -0.394 e. The van der Waals surface area contributed by atoms with Gasteiger partial charge in [-0.15, -0.1) is 0 Å². The minimum absolute atomic E-state index is 0.000324. The average molecular weight is 195 g/mol. The third kappa shape index (κ3) is 2.70. The molecule has 0 aliphatic carbocycles. The molecule has 0 aromatic heterocycles. The van der Waals surface area contributed by atoms with Crippen LogP contribution in [0.4, 0.5) is 0 Å². The molecule has 1 heterocycles. The van der Waals surface area contributed by atoms with Crippen LogP contribution in [-0.2, 0) is 4.79 Å². The van der Waals surface area contributed by atoms with Gasteiger partial charge < -0.3 is 10.0 Å². The SMILES string of the molecule is C/C=C/C=C/C(=O)N1CCCC1CO. The molecule has 1 N–H and O–H groups in total. The lowest BCUT2D eigenvalue weighted by Gasteiger charge is -2.21. The first kappa shape index (κ1) is 11.0. The van der Waals surface area contributed by atoms with Gasteiger partial charge in [-0.2, -0.15) is 0 Å². The van der Waals surface area contributed by atoms with Crippen molar-refractivity contribution in [1.29, 1.82) is 0 Å². The molecule has 1 atom stereocenters. The van der Waals surface area contributed by atoms with Crippen LogP contribution in [0.1, 0.15) is 19.8 Å². The Morgan fingerprint density at radius 2 is 2.36 bits per heavy atom. The van der Waals surface area contributed by atoms with E-state index in [0.29, 0.717) is 0 Å². The number of aliphatic hydroxyl groups is 1. The van der Waals surface area contributed by atoms with E-state index in [-0.39, 0.29) is 18.6 Å². The van der Waals surface area contributed by atoms with Gasteiger partial charge in [0.25, 0.3) is 0 Å². The second-order valence-electron chi connectivity index (χ2n) is 3.40. The fourth-order valence-corrected chi connectivity index (χ4v) is 1.66. The summed E-state index contributed by atoms with van der Waals surface area (Å²) in [6, 6.07) is 0.0257. The molecule has 0 saturated carbocycles. The van der Waals surface area contributed by atoms with Crippen molar-refractivity contribution >= 4 is 5.91 Å². The molecule has 0 radical (unpaired) electrons. The van der Waals surface area contributed by atoms with E-state index < -0.39 is 0 Å². The molecule has 3 heteroatoms. The Kier molecular flexibility index (Phi) is 4.40. The number of aliphatic hydroxyl groups excluding tert-OH is 1. The third-order valence-corrected chi connectivity index (χ3v) is 2.41. The molecule has 3 nitrogen and oxygen atoms in total. The van der Waals surface area contributed by atoms with E-state index in [4.69, 9.17) is 5.11 Å². The zero-order chi connectivity index (χ0) is 10.4. The van der Waals surface area contributed by atoms with Crippen LogP contribution in [0.3, 0.4) is 0 Å². The van der Waals surface area contributed by atoms with Crippen molar-refractivity contribution in [2.24, 2.45) is 0 Å². The van der Waals surface area contributed by atoms with Gasteiger partial charge in [-0.3, -0.25) is 4.79 Å². The number of amides is 1. The number of carbonyl (C=O) groups excluding carboxylic acids is 1. The highest BCUT2D eigenvalue weighted by Crippen LogP contribution is 2.16. The van der Waals surface area contributed by atoms with Crippen LogP contribution in [0.25, 0.3) is 0 Å². The number of rotatable bonds is 3. The fourth-order valence-electron chi connectivity index (χ4n) is 1.66. The molecule has 1 rings (SSSR count). The van der Waals surface area contributed by atoms with Gasteiger partial charge in [0, 0.05) is 12.6 Å². The third-order valence-electron chi connectivity index (χ3n) is 2.41. The molecule has 1 unspecified atom stereocenters. The largest absolute Gasteiger partial charge is 0.394 e. The van der Waals surface area contributed by atoms with Gasteiger partial charge in [0.15, 0.2) is 0 Å². The molecule has 1 aliphatic rings. The van der Waals surface area contributed by atoms with E-state index in [0.717, 1.165) is 19.4 Å². The number of hydrogen-bond donors (Lipinski definition) is 1. The van der Waals surface area contributed by atoms with Gasteiger partial charge in [0.05, 0.1) is 12.6 Å². The Morgan fingerprint density at radius 1 is 1.57 bits per heavy atom. The van der Waals surface area contributed by atoms with Gasteiger partial charge in [0.2, 0.25) is 5.91 Å². The minimum atomic E-state index is -0.000324. The van der Waals surface area contributed by atoms with E-state index >= 15 is 0 Å². The maximum absolute atomic E-state index is 11.6. The number of likely N-dealkylation sites (tertiary alicyclic amines) is 1. The maximum atomic E-state index is 11.6. The first-order chi connectivity index (χ1) is 6.79. The lowest BCUT2D eigenvalue weighted by Crippen LogP contribution is -2.36. The van der Waals surface area contributed by atoms with Gasteiger partial charge in [-0.25, -0.2) is 0 Å². The van der Waals surface area contributed by atoms with Gasteiger partial charge in [-0.05, 0) is 19.8 Å². The first-order valence-electron chi connectivity index (χ1n) is 5.00. The van der Waals surface area contributed by atoms with Crippen molar-refractivity contribution in [2.75, 3.05) is 13.2 Å². The van der Waals surface area contributed by atoms with E-state index in [1.165, 1.54) is 0 Å². The number of carbonyl (C=O) groups is 1. The fraction of sp³-hybridized carbons (Fsp3) is 0.545. The van der Waals surface area contributed by atoms with Crippen molar-refractivity contribution in [1.82, 2.24) is 4.90 Å². The number of nitrogens with zero attached hydrogens (tertiary/aromatic N) is 1. The summed E-state index contributed by atoms with van der Waals surface area (Å²) in [4.78, 5) is 13.3. The van der Waals surface area contributed by atoms with Crippen molar-refractivity contribution in [3.63, 3.8) is 0 Å². The lowest BCUT2D eigenvalue weighted by molar-refractivity contribution is -0.127. The smallest absolute Gasteiger partial charge is 0.246 e. The summed E-state index contributed by atoms with van der Waals surface area (Å²) in [6.45, 7) is 2.74. The van der Waals surface area contributed by atoms with E-state index in [1.807, 2.05) is 19.1 Å². The molecule has 0 aromatic rings. The zero-order valence-corrected chi connectivity index (χ0v) is 8.52. The van der Waals surface area contributed by atoms with E-state index in [9.17, 15) is 4.79 Å². The van der Waals surface area contributed by atoms with Crippen LogP contribution in [0.2, 0.25) is 0 Å². The van der Waals surface area contributed by atoms with Crippen molar-refractivity contribution in [3.05, 3.63) is 24.3 Å². The van der Waals surface area contributed by atoms with Gasteiger partial charge in [-0.1, -0.05) is 18.2 Å². The summed E-state index contributed by atoms with van der Waals surface area (Å²) in [7, 11) is 0. The van der Waals surface area contributed by atoms with Crippen molar-refractivity contribution in [2.45, 2.75) is 25.8 Å². The molecule has 1 fully saturated rings. The Labute approximate surface area is 84.7 Å². The van der Waals surface area contributed by atoms with Crippen molar-refractivity contribution in [3.8, 4) is 0 Å². The lowest BCUT2D eigenvalue weighted by atomic mass is 10.2. The molecule has 0 aromatic carbocycles. The van der Waals surface area contributed by atoms with Crippen LogP contribution >= 0.6 is 0 Å². The highest BCUT2D eigenvalue weighted by Gasteiger charge is 2.26. The molecule has 1 aliphatic heterocycles. The molecule has 0 bridgehead atoms. The molecule has 0 spiro atoms. The molecular weight excluding hydrogens is 178 g/mol. The monoisotopic (exact) mass is 195 g/mol. The normalized spacial score (nSPS) is 22.7. The summed E-state index contributed by atoms with van der Waals surface area (Å²) in [5.41, 5.74) is 0. The predicted molar refractivity (Wildman–Crippen MR) is 55.8 cm³/mol. The van der Waals surface area contributed by atoms with Crippen molar-refractivity contribution < 1.29 is 9.90 Å². The van der Waals surface area contributed by atoms with Gasteiger partial charge >= 0.3 is 0 Å². The van der Waals surface area contributed by atoms with Crippen LogP contribution in [0.15, 0.2) is 24.3 Å². The van der Waals surface area contributed by atoms with Crippen LogP contribution in [0, 0.1) is 0 Å². The maximum Gasteiger partial charge on any atom is 0.246 e. The highest BCUT2D eigenvalue weighted by molar-refractivity contribution is 5.88. The summed E-state index contributed by atoms with van der Waals surface area (Å²) in [5.74, 6) is -0.000324. The Balaban J connectivity index is 2.51. The molecule has 78 valence electrons.